The highest BCUT2D eigenvalue weighted by atomic mass is 35.5. The molecule has 7 nitrogen and oxygen atoms in total. The number of hydrogen-bond donors (Lipinski definition) is 1. The van der Waals surface area contributed by atoms with E-state index < -0.39 is 16.1 Å². The van der Waals surface area contributed by atoms with Gasteiger partial charge in [0, 0.05) is 37.6 Å². The molecule has 3 aromatic carbocycles. The van der Waals surface area contributed by atoms with E-state index in [2.05, 4.69) is 5.32 Å². The Morgan fingerprint density at radius 2 is 1.48 bits per heavy atom. The van der Waals surface area contributed by atoms with Crippen molar-refractivity contribution in [2.45, 2.75) is 56.5 Å². The molecule has 1 fully saturated rings. The van der Waals surface area contributed by atoms with Crippen LogP contribution < -0.4 is 5.32 Å². The summed E-state index contributed by atoms with van der Waals surface area (Å²) in [7, 11) is -3.48. The smallest absolute Gasteiger partial charge is 0.243 e. The minimum absolute atomic E-state index is 0.158. The molecule has 0 bridgehead atoms. The maximum Gasteiger partial charge on any atom is 0.243 e. The highest BCUT2D eigenvalue weighted by Crippen LogP contribution is 2.22. The van der Waals surface area contributed by atoms with Gasteiger partial charge in [-0.25, -0.2) is 8.42 Å². The van der Waals surface area contributed by atoms with E-state index in [9.17, 15) is 18.0 Å². The fraction of sp³-hybridized carbons (Fsp3) is 0.355. The van der Waals surface area contributed by atoms with Crippen LogP contribution in [-0.4, -0.2) is 55.1 Å². The molecule has 2 amide bonds. The normalized spacial score (nSPS) is 14.6. The Balaban J connectivity index is 1.39. The zero-order chi connectivity index (χ0) is 28.5. The first-order valence-electron chi connectivity index (χ1n) is 13.7. The molecule has 0 unspecified atom stereocenters. The lowest BCUT2D eigenvalue weighted by atomic mass is 10.1. The first-order chi connectivity index (χ1) is 19.2. The van der Waals surface area contributed by atoms with E-state index in [1.54, 1.807) is 48.2 Å². The van der Waals surface area contributed by atoms with Crippen molar-refractivity contribution in [3.8, 4) is 0 Å². The number of carbonyl (C=O) groups excluding carboxylic acids is 2. The maximum absolute atomic E-state index is 13.4. The Morgan fingerprint density at radius 3 is 2.12 bits per heavy atom. The molecule has 1 atom stereocenters. The van der Waals surface area contributed by atoms with E-state index in [1.807, 2.05) is 42.5 Å². The van der Waals surface area contributed by atoms with Gasteiger partial charge in [-0.15, -0.1) is 0 Å². The van der Waals surface area contributed by atoms with E-state index in [1.165, 1.54) is 4.31 Å². The third-order valence-electron chi connectivity index (χ3n) is 7.24. The first kappa shape index (κ1) is 29.8. The number of amides is 2. The summed E-state index contributed by atoms with van der Waals surface area (Å²) in [6.45, 7) is 3.60. The van der Waals surface area contributed by atoms with Gasteiger partial charge in [-0.1, -0.05) is 66.2 Å². The van der Waals surface area contributed by atoms with Crippen LogP contribution in [0.1, 0.15) is 42.9 Å². The van der Waals surface area contributed by atoms with Gasteiger partial charge < -0.3 is 10.2 Å². The average Bonchev–Trinajstić information content (AvgIpc) is 3.52. The van der Waals surface area contributed by atoms with Crippen molar-refractivity contribution in [2.75, 3.05) is 19.6 Å². The lowest BCUT2D eigenvalue weighted by Gasteiger charge is -2.29. The summed E-state index contributed by atoms with van der Waals surface area (Å²) < 4.78 is 27.1. The number of nitrogens with one attached hydrogen (secondary N) is 1. The van der Waals surface area contributed by atoms with E-state index in [4.69, 9.17) is 11.6 Å². The summed E-state index contributed by atoms with van der Waals surface area (Å²) in [4.78, 5) is 28.4. The molecule has 1 aliphatic rings. The minimum Gasteiger partial charge on any atom is -0.354 e. The number of sulfonamides is 1. The van der Waals surface area contributed by atoms with Crippen LogP contribution in [0.4, 0.5) is 0 Å². The van der Waals surface area contributed by atoms with Crippen LogP contribution in [0.25, 0.3) is 0 Å². The van der Waals surface area contributed by atoms with Crippen molar-refractivity contribution in [1.29, 1.82) is 0 Å². The quantitative estimate of drug-likeness (QED) is 0.332. The van der Waals surface area contributed by atoms with Crippen LogP contribution in [0, 0.1) is 0 Å². The molecule has 0 radical (unpaired) electrons. The van der Waals surface area contributed by atoms with E-state index in [0.717, 1.165) is 29.5 Å². The number of hydrogen-bond acceptors (Lipinski definition) is 4. The SMILES string of the molecule is C[C@H](C(=O)NCCc1ccccc1)N(Cc1ccc(Cl)cc1)C(=O)CCc1ccc(S(=O)(=O)N2CCCC2)cc1. The van der Waals surface area contributed by atoms with Gasteiger partial charge in [0.05, 0.1) is 4.90 Å². The fourth-order valence-corrected chi connectivity index (χ4v) is 6.44. The summed E-state index contributed by atoms with van der Waals surface area (Å²) in [5.41, 5.74) is 2.86. The molecule has 1 saturated heterocycles. The molecule has 212 valence electrons. The Bertz CT molecular complexity index is 1370. The lowest BCUT2D eigenvalue weighted by molar-refractivity contribution is -0.140. The van der Waals surface area contributed by atoms with Crippen LogP contribution >= 0.6 is 11.6 Å². The van der Waals surface area contributed by atoms with Gasteiger partial charge in [0.2, 0.25) is 21.8 Å². The molecule has 3 aromatic rings. The van der Waals surface area contributed by atoms with Crippen molar-refractivity contribution in [2.24, 2.45) is 0 Å². The largest absolute Gasteiger partial charge is 0.354 e. The maximum atomic E-state index is 13.4. The second-order valence-corrected chi connectivity index (χ2v) is 12.5. The molecule has 1 N–H and O–H groups in total. The molecule has 1 aliphatic heterocycles. The Hall–Kier alpha value is -3.20. The summed E-state index contributed by atoms with van der Waals surface area (Å²) in [5.74, 6) is -0.371. The van der Waals surface area contributed by atoms with Gasteiger partial charge in [0.15, 0.2) is 0 Å². The third-order valence-corrected chi connectivity index (χ3v) is 9.41. The van der Waals surface area contributed by atoms with Gasteiger partial charge >= 0.3 is 0 Å². The van der Waals surface area contributed by atoms with Crippen LogP contribution in [0.5, 0.6) is 0 Å². The van der Waals surface area contributed by atoms with E-state index in [0.29, 0.717) is 37.5 Å². The number of carbonyl (C=O) groups is 2. The van der Waals surface area contributed by atoms with E-state index >= 15 is 0 Å². The minimum atomic E-state index is -3.48. The molecular weight excluding hydrogens is 546 g/mol. The fourth-order valence-electron chi connectivity index (χ4n) is 4.79. The van der Waals surface area contributed by atoms with Crippen molar-refractivity contribution < 1.29 is 18.0 Å². The zero-order valence-corrected chi connectivity index (χ0v) is 24.3. The number of rotatable bonds is 12. The Labute approximate surface area is 242 Å². The second kappa shape index (κ2) is 13.9. The predicted molar refractivity (Wildman–Crippen MR) is 157 cm³/mol. The number of aryl methyl sites for hydroxylation is 1. The molecule has 4 rings (SSSR count). The van der Waals surface area contributed by atoms with Gasteiger partial charge in [0.25, 0.3) is 0 Å². The van der Waals surface area contributed by atoms with Crippen LogP contribution in [0.15, 0.2) is 83.8 Å². The molecule has 0 spiro atoms. The lowest BCUT2D eigenvalue weighted by Crippen LogP contribution is -2.48. The van der Waals surface area contributed by atoms with Gasteiger partial charge in [-0.05, 0) is 73.6 Å². The van der Waals surface area contributed by atoms with E-state index in [-0.39, 0.29) is 29.7 Å². The molecule has 0 aromatic heterocycles. The summed E-state index contributed by atoms with van der Waals surface area (Å²) in [5, 5.41) is 3.56. The number of halogens is 1. The average molecular weight is 582 g/mol. The molecule has 0 aliphatic carbocycles. The zero-order valence-electron chi connectivity index (χ0n) is 22.8. The summed E-state index contributed by atoms with van der Waals surface area (Å²) in [6.07, 6.45) is 3.09. The summed E-state index contributed by atoms with van der Waals surface area (Å²) >= 11 is 6.04. The number of benzene rings is 3. The van der Waals surface area contributed by atoms with Gasteiger partial charge in [0.1, 0.15) is 6.04 Å². The predicted octanol–water partition coefficient (Wildman–Crippen LogP) is 4.83. The van der Waals surface area contributed by atoms with Crippen LogP contribution in [-0.2, 0) is 39.0 Å². The highest BCUT2D eigenvalue weighted by molar-refractivity contribution is 7.89. The van der Waals surface area contributed by atoms with Crippen molar-refractivity contribution in [1.82, 2.24) is 14.5 Å². The van der Waals surface area contributed by atoms with Crippen molar-refractivity contribution >= 4 is 33.4 Å². The molecule has 9 heteroatoms. The monoisotopic (exact) mass is 581 g/mol. The standard InChI is InChI=1S/C31H36ClN3O4S/c1-24(31(37)33-20-19-25-7-3-2-4-8-25)35(23-27-9-14-28(32)15-10-27)30(36)18-13-26-11-16-29(17-12-26)40(38,39)34-21-5-6-22-34/h2-4,7-12,14-17,24H,5-6,13,18-23H2,1H3,(H,33,37)/t24-/m1/s1. The van der Waals surface area contributed by atoms with Gasteiger partial charge in [-0.2, -0.15) is 4.31 Å². The van der Waals surface area contributed by atoms with Crippen molar-refractivity contribution in [3.05, 3.63) is 101 Å². The van der Waals surface area contributed by atoms with Gasteiger partial charge in [-0.3, -0.25) is 9.59 Å². The van der Waals surface area contributed by atoms with Crippen molar-refractivity contribution in [3.63, 3.8) is 0 Å². The summed E-state index contributed by atoms with van der Waals surface area (Å²) in [6, 6.07) is 23.2. The Kier molecular flexibility index (Phi) is 10.4. The highest BCUT2D eigenvalue weighted by Gasteiger charge is 2.28. The molecular formula is C31H36ClN3O4S. The second-order valence-electron chi connectivity index (χ2n) is 10.1. The third kappa shape index (κ3) is 7.93. The van der Waals surface area contributed by atoms with Crippen LogP contribution in [0.2, 0.25) is 5.02 Å². The molecule has 0 saturated carbocycles. The van der Waals surface area contributed by atoms with Crippen LogP contribution in [0.3, 0.4) is 0 Å². The molecule has 40 heavy (non-hydrogen) atoms. The Morgan fingerprint density at radius 1 is 0.875 bits per heavy atom. The molecule has 1 heterocycles. The first-order valence-corrected chi connectivity index (χ1v) is 15.5. The topological polar surface area (TPSA) is 86.8 Å². The number of nitrogens with zero attached hydrogens (tertiary/aromatic N) is 2.